The number of aromatic nitrogens is 1. The lowest BCUT2D eigenvalue weighted by Gasteiger charge is -2.40. The van der Waals surface area contributed by atoms with Crippen LogP contribution in [0.1, 0.15) is 47.6 Å². The van der Waals surface area contributed by atoms with Crippen LogP contribution in [-0.4, -0.2) is 30.1 Å². The van der Waals surface area contributed by atoms with E-state index in [0.29, 0.717) is 5.41 Å². The normalized spacial score (nSPS) is 22.7. The van der Waals surface area contributed by atoms with E-state index in [9.17, 15) is 0 Å². The Labute approximate surface area is 144 Å². The Balaban J connectivity index is 1.51. The van der Waals surface area contributed by atoms with Crippen molar-refractivity contribution in [3.05, 3.63) is 65.0 Å². The number of pyridine rings is 1. The number of piperidine rings is 1. The lowest BCUT2D eigenvalue weighted by molar-refractivity contribution is 0.0687. The fourth-order valence-corrected chi connectivity index (χ4v) is 4.58. The molecule has 1 aliphatic carbocycles. The van der Waals surface area contributed by atoms with Gasteiger partial charge in [-0.15, -0.1) is 0 Å². The molecule has 0 bridgehead atoms. The lowest BCUT2D eigenvalue weighted by atomic mass is 9.73. The first-order chi connectivity index (χ1) is 11.7. The molecule has 1 unspecified atom stereocenters. The minimum absolute atomic E-state index is 0.268. The molecule has 24 heavy (non-hydrogen) atoms. The standard InChI is InChI=1S/C21H26N2O/c1-16-5-6-19-18(12-16)20(24-2)13-21(19)7-10-23(11-8-21)15-17-4-3-9-22-14-17/h3-6,9,12,14,20H,7-8,10-11,13,15H2,1-2H3. The molecule has 3 heteroatoms. The molecule has 0 saturated carbocycles. The second kappa shape index (κ2) is 6.30. The van der Waals surface area contributed by atoms with Crippen molar-refractivity contribution >= 4 is 0 Å². The van der Waals surface area contributed by atoms with E-state index in [1.54, 1.807) is 5.56 Å². The molecule has 0 amide bonds. The molecule has 1 fully saturated rings. The summed E-state index contributed by atoms with van der Waals surface area (Å²) in [4.78, 5) is 6.80. The summed E-state index contributed by atoms with van der Waals surface area (Å²) in [5.74, 6) is 0. The van der Waals surface area contributed by atoms with Crippen molar-refractivity contribution in [2.45, 2.75) is 44.2 Å². The molecule has 1 saturated heterocycles. The molecule has 2 heterocycles. The third-order valence-electron chi connectivity index (χ3n) is 5.93. The van der Waals surface area contributed by atoms with Crippen LogP contribution in [0.25, 0.3) is 0 Å². The molecule has 1 aliphatic heterocycles. The molecule has 4 rings (SSSR count). The number of aryl methyl sites for hydroxylation is 1. The molecule has 0 N–H and O–H groups in total. The smallest absolute Gasteiger partial charge is 0.0832 e. The fraction of sp³-hybridized carbons (Fsp3) is 0.476. The summed E-state index contributed by atoms with van der Waals surface area (Å²) in [7, 11) is 1.85. The number of hydrogen-bond donors (Lipinski definition) is 0. The van der Waals surface area contributed by atoms with Crippen molar-refractivity contribution in [1.82, 2.24) is 9.88 Å². The third-order valence-corrected chi connectivity index (χ3v) is 5.93. The first-order valence-corrected chi connectivity index (χ1v) is 8.95. The van der Waals surface area contributed by atoms with Crippen LogP contribution in [0.2, 0.25) is 0 Å². The highest BCUT2D eigenvalue weighted by Gasteiger charge is 2.45. The largest absolute Gasteiger partial charge is 0.377 e. The quantitative estimate of drug-likeness (QED) is 0.853. The molecule has 0 radical (unpaired) electrons. The maximum Gasteiger partial charge on any atom is 0.0832 e. The van der Waals surface area contributed by atoms with E-state index in [-0.39, 0.29) is 6.10 Å². The van der Waals surface area contributed by atoms with E-state index < -0.39 is 0 Å². The molecule has 2 aliphatic rings. The minimum atomic E-state index is 0.268. The van der Waals surface area contributed by atoms with Gasteiger partial charge in [-0.05, 0) is 62.0 Å². The summed E-state index contributed by atoms with van der Waals surface area (Å²) < 4.78 is 5.82. The SMILES string of the molecule is COC1CC2(CCN(Cc3cccnc3)CC2)c2ccc(C)cc21. The van der Waals surface area contributed by atoms with Gasteiger partial charge in [-0.3, -0.25) is 9.88 Å². The molecule has 1 atom stereocenters. The zero-order valence-corrected chi connectivity index (χ0v) is 14.7. The minimum Gasteiger partial charge on any atom is -0.377 e. The van der Waals surface area contributed by atoms with E-state index in [1.165, 1.54) is 29.5 Å². The molecule has 126 valence electrons. The highest BCUT2D eigenvalue weighted by atomic mass is 16.5. The van der Waals surface area contributed by atoms with Crippen LogP contribution < -0.4 is 0 Å². The van der Waals surface area contributed by atoms with Crippen molar-refractivity contribution in [3.8, 4) is 0 Å². The number of likely N-dealkylation sites (tertiary alicyclic amines) is 1. The molecule has 1 aromatic heterocycles. The van der Waals surface area contributed by atoms with Gasteiger partial charge >= 0.3 is 0 Å². The van der Waals surface area contributed by atoms with Gasteiger partial charge in [-0.1, -0.05) is 29.8 Å². The molecular weight excluding hydrogens is 296 g/mol. The number of benzene rings is 1. The van der Waals surface area contributed by atoms with Gasteiger partial charge in [0.25, 0.3) is 0 Å². The molecule has 2 aromatic rings. The van der Waals surface area contributed by atoms with E-state index in [2.05, 4.69) is 41.1 Å². The average Bonchev–Trinajstić information content (AvgIpc) is 2.91. The Morgan fingerprint density at radius 3 is 2.79 bits per heavy atom. The van der Waals surface area contributed by atoms with Crippen molar-refractivity contribution in [3.63, 3.8) is 0 Å². The summed E-state index contributed by atoms with van der Waals surface area (Å²) in [6, 6.07) is 11.2. The molecule has 1 aromatic carbocycles. The summed E-state index contributed by atoms with van der Waals surface area (Å²) in [6.45, 7) is 5.49. The van der Waals surface area contributed by atoms with Gasteiger partial charge in [0, 0.05) is 31.5 Å². The van der Waals surface area contributed by atoms with Crippen LogP contribution in [0.4, 0.5) is 0 Å². The Bertz CT molecular complexity index is 705. The van der Waals surface area contributed by atoms with Gasteiger partial charge in [0.1, 0.15) is 0 Å². The summed E-state index contributed by atoms with van der Waals surface area (Å²) in [5.41, 5.74) is 5.93. The molecular formula is C21H26N2O. The monoisotopic (exact) mass is 322 g/mol. The van der Waals surface area contributed by atoms with Crippen molar-refractivity contribution < 1.29 is 4.74 Å². The average molecular weight is 322 g/mol. The number of fused-ring (bicyclic) bond motifs is 2. The summed E-state index contributed by atoms with van der Waals surface area (Å²) >= 11 is 0. The second-order valence-corrected chi connectivity index (χ2v) is 7.44. The Kier molecular flexibility index (Phi) is 4.15. The lowest BCUT2D eigenvalue weighted by Crippen LogP contribution is -2.41. The number of hydrogen-bond acceptors (Lipinski definition) is 3. The van der Waals surface area contributed by atoms with Gasteiger partial charge in [0.05, 0.1) is 6.10 Å². The first-order valence-electron chi connectivity index (χ1n) is 8.95. The third kappa shape index (κ3) is 2.76. The Morgan fingerprint density at radius 1 is 1.25 bits per heavy atom. The van der Waals surface area contributed by atoms with Gasteiger partial charge in [-0.2, -0.15) is 0 Å². The second-order valence-electron chi connectivity index (χ2n) is 7.44. The van der Waals surface area contributed by atoms with Gasteiger partial charge < -0.3 is 4.74 Å². The maximum atomic E-state index is 5.82. The highest BCUT2D eigenvalue weighted by molar-refractivity contribution is 5.44. The van der Waals surface area contributed by atoms with Crippen LogP contribution in [0.3, 0.4) is 0 Å². The predicted molar refractivity (Wildman–Crippen MR) is 96.0 cm³/mol. The van der Waals surface area contributed by atoms with Crippen molar-refractivity contribution in [2.75, 3.05) is 20.2 Å². The summed E-state index contributed by atoms with van der Waals surface area (Å²) in [6.07, 6.45) is 7.69. The molecule has 3 nitrogen and oxygen atoms in total. The highest BCUT2D eigenvalue weighted by Crippen LogP contribution is 2.52. The van der Waals surface area contributed by atoms with Crippen LogP contribution in [0.5, 0.6) is 0 Å². The van der Waals surface area contributed by atoms with Crippen LogP contribution in [0.15, 0.2) is 42.7 Å². The van der Waals surface area contributed by atoms with Crippen molar-refractivity contribution in [2.24, 2.45) is 0 Å². The van der Waals surface area contributed by atoms with Gasteiger partial charge in [0.2, 0.25) is 0 Å². The zero-order chi connectivity index (χ0) is 16.6. The Hall–Kier alpha value is -1.71. The predicted octanol–water partition coefficient (Wildman–Crippen LogP) is 4.02. The van der Waals surface area contributed by atoms with Crippen LogP contribution in [-0.2, 0) is 16.7 Å². The zero-order valence-electron chi connectivity index (χ0n) is 14.7. The topological polar surface area (TPSA) is 25.4 Å². The fourth-order valence-electron chi connectivity index (χ4n) is 4.58. The van der Waals surface area contributed by atoms with Crippen molar-refractivity contribution in [1.29, 1.82) is 0 Å². The number of nitrogens with zero attached hydrogens (tertiary/aromatic N) is 2. The van der Waals surface area contributed by atoms with Gasteiger partial charge in [-0.25, -0.2) is 0 Å². The maximum absolute atomic E-state index is 5.82. The number of ether oxygens (including phenoxy) is 1. The van der Waals surface area contributed by atoms with Gasteiger partial charge in [0.15, 0.2) is 0 Å². The van der Waals surface area contributed by atoms with E-state index in [1.807, 2.05) is 25.6 Å². The van der Waals surface area contributed by atoms with E-state index in [4.69, 9.17) is 4.74 Å². The number of rotatable bonds is 3. The van der Waals surface area contributed by atoms with E-state index >= 15 is 0 Å². The summed E-state index contributed by atoms with van der Waals surface area (Å²) in [5, 5.41) is 0. The first kappa shape index (κ1) is 15.8. The van der Waals surface area contributed by atoms with Crippen LogP contribution in [0, 0.1) is 6.92 Å². The Morgan fingerprint density at radius 2 is 2.08 bits per heavy atom. The number of methoxy groups -OCH3 is 1. The van der Waals surface area contributed by atoms with E-state index in [0.717, 1.165) is 26.1 Å². The van der Waals surface area contributed by atoms with Crippen LogP contribution >= 0.6 is 0 Å². The molecule has 1 spiro atoms.